The minimum Gasteiger partial charge on any atom is -0.325 e. The third-order valence-corrected chi connectivity index (χ3v) is 5.73. The molecular weight excluding hydrogens is 368 g/mol. The van der Waals surface area contributed by atoms with Gasteiger partial charge in [-0.1, -0.05) is 41.6 Å². The van der Waals surface area contributed by atoms with Gasteiger partial charge in [0.2, 0.25) is 5.91 Å². The summed E-state index contributed by atoms with van der Waals surface area (Å²) in [6.45, 7) is 8.51. The first-order valence-electron chi connectivity index (χ1n) is 9.28. The second kappa shape index (κ2) is 8.49. The van der Waals surface area contributed by atoms with Gasteiger partial charge in [-0.2, -0.15) is 5.26 Å². The second-order valence-electron chi connectivity index (χ2n) is 6.97. The van der Waals surface area contributed by atoms with Crippen molar-refractivity contribution in [1.82, 2.24) is 9.55 Å². The van der Waals surface area contributed by atoms with Gasteiger partial charge in [0.1, 0.15) is 0 Å². The third kappa shape index (κ3) is 4.20. The van der Waals surface area contributed by atoms with E-state index < -0.39 is 0 Å². The smallest absolute Gasteiger partial charge is 0.237 e. The maximum absolute atomic E-state index is 12.8. The molecule has 0 radical (unpaired) electrons. The number of hydrogen-bond donors (Lipinski definition) is 1. The number of amides is 1. The number of anilines is 1. The Morgan fingerprint density at radius 2 is 1.93 bits per heavy atom. The molecule has 3 aromatic rings. The summed E-state index contributed by atoms with van der Waals surface area (Å²) in [7, 11) is 0. The second-order valence-corrected chi connectivity index (χ2v) is 8.27. The molecule has 1 amide bonds. The van der Waals surface area contributed by atoms with Crippen molar-refractivity contribution in [2.24, 2.45) is 0 Å². The van der Waals surface area contributed by atoms with Crippen LogP contribution in [0, 0.1) is 32.1 Å². The Kier molecular flexibility index (Phi) is 6.05. The van der Waals surface area contributed by atoms with E-state index in [4.69, 9.17) is 5.26 Å². The van der Waals surface area contributed by atoms with Crippen LogP contribution in [0.1, 0.15) is 30.0 Å². The lowest BCUT2D eigenvalue weighted by atomic mass is 10.1. The van der Waals surface area contributed by atoms with Crippen LogP contribution in [0.15, 0.2) is 41.6 Å². The lowest BCUT2D eigenvalue weighted by Gasteiger charge is -2.16. The number of para-hydroxylation sites is 2. The highest BCUT2D eigenvalue weighted by Crippen LogP contribution is 2.29. The number of thioether (sulfide) groups is 1. The topological polar surface area (TPSA) is 70.7 Å². The molecule has 1 atom stereocenters. The minimum absolute atomic E-state index is 0.0565. The molecule has 2 aromatic carbocycles. The fraction of sp³-hybridized carbons (Fsp3) is 0.318. The number of aromatic nitrogens is 2. The first-order valence-corrected chi connectivity index (χ1v) is 10.2. The van der Waals surface area contributed by atoms with Gasteiger partial charge in [-0.3, -0.25) is 4.79 Å². The van der Waals surface area contributed by atoms with Gasteiger partial charge in [0.15, 0.2) is 5.16 Å². The van der Waals surface area contributed by atoms with Gasteiger partial charge in [-0.25, -0.2) is 4.98 Å². The highest BCUT2D eigenvalue weighted by molar-refractivity contribution is 8.00. The SMILES string of the molecule is Cc1cc(C)c(NC(=O)[C@H](C)Sc2nc3ccccc3n2CCC#N)c(C)c1. The van der Waals surface area contributed by atoms with Crippen LogP contribution in [0.2, 0.25) is 0 Å². The van der Waals surface area contributed by atoms with Crippen LogP contribution < -0.4 is 5.32 Å². The minimum atomic E-state index is -0.322. The Hall–Kier alpha value is -2.78. The molecule has 28 heavy (non-hydrogen) atoms. The fourth-order valence-corrected chi connectivity index (χ4v) is 4.29. The molecule has 0 saturated heterocycles. The van der Waals surface area contributed by atoms with Crippen molar-refractivity contribution in [3.8, 4) is 6.07 Å². The Labute approximate surface area is 169 Å². The molecule has 0 fully saturated rings. The summed E-state index contributed by atoms with van der Waals surface area (Å²) < 4.78 is 2.02. The van der Waals surface area contributed by atoms with Crippen LogP contribution >= 0.6 is 11.8 Å². The van der Waals surface area contributed by atoms with Gasteiger partial charge in [0.05, 0.1) is 28.8 Å². The Balaban J connectivity index is 1.82. The first kappa shape index (κ1) is 20.0. The van der Waals surface area contributed by atoms with E-state index in [1.54, 1.807) is 0 Å². The van der Waals surface area contributed by atoms with Crippen LogP contribution in [0.3, 0.4) is 0 Å². The molecule has 0 unspecified atom stereocenters. The lowest BCUT2D eigenvalue weighted by Crippen LogP contribution is -2.24. The monoisotopic (exact) mass is 392 g/mol. The average Bonchev–Trinajstić information content (AvgIpc) is 2.99. The van der Waals surface area contributed by atoms with Gasteiger partial charge < -0.3 is 9.88 Å². The Bertz CT molecular complexity index is 1040. The van der Waals surface area contributed by atoms with Crippen LogP contribution in [-0.2, 0) is 11.3 Å². The van der Waals surface area contributed by atoms with E-state index in [1.807, 2.05) is 49.6 Å². The van der Waals surface area contributed by atoms with E-state index in [9.17, 15) is 4.79 Å². The number of imidazole rings is 1. The van der Waals surface area contributed by atoms with Crippen molar-refractivity contribution in [1.29, 1.82) is 5.26 Å². The van der Waals surface area contributed by atoms with Crippen molar-refractivity contribution in [2.45, 2.75) is 51.1 Å². The largest absolute Gasteiger partial charge is 0.325 e. The molecule has 0 aliphatic carbocycles. The molecule has 1 heterocycles. The number of nitrogens with zero attached hydrogens (tertiary/aromatic N) is 3. The summed E-state index contributed by atoms with van der Waals surface area (Å²) in [6, 6.07) is 14.2. The summed E-state index contributed by atoms with van der Waals surface area (Å²) >= 11 is 1.42. The maximum atomic E-state index is 12.8. The molecule has 0 aliphatic heterocycles. The highest BCUT2D eigenvalue weighted by atomic mass is 32.2. The van der Waals surface area contributed by atoms with Crippen LogP contribution in [-0.4, -0.2) is 20.7 Å². The van der Waals surface area contributed by atoms with Crippen LogP contribution in [0.25, 0.3) is 11.0 Å². The van der Waals surface area contributed by atoms with Crippen molar-refractivity contribution in [3.63, 3.8) is 0 Å². The van der Waals surface area contributed by atoms with Crippen molar-refractivity contribution in [2.75, 3.05) is 5.32 Å². The molecule has 144 valence electrons. The summed E-state index contributed by atoms with van der Waals surface area (Å²) in [5, 5.41) is 12.5. The van der Waals surface area contributed by atoms with Crippen molar-refractivity contribution < 1.29 is 4.79 Å². The zero-order valence-corrected chi connectivity index (χ0v) is 17.4. The molecule has 0 saturated carbocycles. The number of carbonyl (C=O) groups is 1. The van der Waals surface area contributed by atoms with E-state index >= 15 is 0 Å². The molecule has 0 bridgehead atoms. The molecule has 1 N–H and O–H groups in total. The normalized spacial score (nSPS) is 12.0. The van der Waals surface area contributed by atoms with Crippen LogP contribution in [0.5, 0.6) is 0 Å². The summed E-state index contributed by atoms with van der Waals surface area (Å²) in [4.78, 5) is 17.5. The molecule has 3 rings (SSSR count). The quantitative estimate of drug-likeness (QED) is 0.600. The van der Waals surface area contributed by atoms with E-state index in [0.717, 1.165) is 33.0 Å². The van der Waals surface area contributed by atoms with Gasteiger partial charge in [-0.15, -0.1) is 0 Å². The predicted molar refractivity (Wildman–Crippen MR) is 115 cm³/mol. The number of nitriles is 1. The average molecular weight is 393 g/mol. The van der Waals surface area contributed by atoms with Gasteiger partial charge in [0, 0.05) is 12.2 Å². The van der Waals surface area contributed by atoms with E-state index in [1.165, 1.54) is 17.3 Å². The number of fused-ring (bicyclic) bond motifs is 1. The summed E-state index contributed by atoms with van der Waals surface area (Å²) in [5.74, 6) is -0.0565. The fourth-order valence-electron chi connectivity index (χ4n) is 3.33. The molecule has 5 nitrogen and oxygen atoms in total. The zero-order valence-electron chi connectivity index (χ0n) is 16.6. The van der Waals surface area contributed by atoms with Crippen molar-refractivity contribution >= 4 is 34.4 Å². The number of hydrogen-bond acceptors (Lipinski definition) is 4. The maximum Gasteiger partial charge on any atom is 0.237 e. The lowest BCUT2D eigenvalue weighted by molar-refractivity contribution is -0.115. The third-order valence-electron chi connectivity index (χ3n) is 4.64. The number of carbonyl (C=O) groups excluding carboxylic acids is 1. The number of rotatable bonds is 6. The first-order chi connectivity index (χ1) is 13.4. The molecule has 6 heteroatoms. The van der Waals surface area contributed by atoms with E-state index in [2.05, 4.69) is 35.4 Å². The number of benzene rings is 2. The number of aryl methyl sites for hydroxylation is 4. The summed E-state index contributed by atoms with van der Waals surface area (Å²) in [5.41, 5.74) is 6.04. The highest BCUT2D eigenvalue weighted by Gasteiger charge is 2.20. The Morgan fingerprint density at radius 1 is 1.25 bits per heavy atom. The summed E-state index contributed by atoms with van der Waals surface area (Å²) in [6.07, 6.45) is 0.399. The predicted octanol–water partition coefficient (Wildman–Crippen LogP) is 4.99. The van der Waals surface area contributed by atoms with Crippen LogP contribution in [0.4, 0.5) is 5.69 Å². The van der Waals surface area contributed by atoms with Crippen molar-refractivity contribution in [3.05, 3.63) is 53.1 Å². The molecule has 0 aliphatic rings. The van der Waals surface area contributed by atoms with Gasteiger partial charge in [-0.05, 0) is 51.0 Å². The van der Waals surface area contributed by atoms with E-state index in [0.29, 0.717) is 13.0 Å². The standard InChI is InChI=1S/C22H24N4OS/c1-14-12-15(2)20(16(3)13-14)25-21(27)17(4)28-22-24-18-8-5-6-9-19(18)26(22)11-7-10-23/h5-6,8-9,12-13,17H,7,11H2,1-4H3,(H,25,27)/t17-/m0/s1. The van der Waals surface area contributed by atoms with Gasteiger partial charge in [0.25, 0.3) is 0 Å². The molecule has 1 aromatic heterocycles. The molecular formula is C22H24N4OS. The van der Waals surface area contributed by atoms with E-state index in [-0.39, 0.29) is 11.2 Å². The van der Waals surface area contributed by atoms with Gasteiger partial charge >= 0.3 is 0 Å². The Morgan fingerprint density at radius 3 is 2.61 bits per heavy atom. The zero-order chi connectivity index (χ0) is 20.3. The molecule has 0 spiro atoms. The number of nitrogens with one attached hydrogen (secondary N) is 1.